The molecule has 0 amide bonds. The minimum atomic E-state index is -0.0429. The molecule has 1 aliphatic heterocycles. The molecule has 90 valence electrons. The standard InChI is InChI=1S/C11H23NO3/c1-10(2)12(6-7-13)5-4-11-14-8-3-9-15-11/h10-11,13H,3-9H2,1-2H3. The van der Waals surface area contributed by atoms with Crippen LogP contribution in [0.3, 0.4) is 0 Å². The van der Waals surface area contributed by atoms with E-state index in [1.165, 1.54) is 0 Å². The number of aliphatic hydroxyl groups is 1. The van der Waals surface area contributed by atoms with Crippen molar-refractivity contribution in [2.75, 3.05) is 32.9 Å². The van der Waals surface area contributed by atoms with Gasteiger partial charge in [0.1, 0.15) is 0 Å². The van der Waals surface area contributed by atoms with Gasteiger partial charge in [-0.1, -0.05) is 0 Å². The van der Waals surface area contributed by atoms with E-state index in [2.05, 4.69) is 18.7 Å². The second-order valence-corrected chi connectivity index (χ2v) is 4.17. The van der Waals surface area contributed by atoms with Crippen molar-refractivity contribution in [3.05, 3.63) is 0 Å². The molecule has 15 heavy (non-hydrogen) atoms. The lowest BCUT2D eigenvalue weighted by molar-refractivity contribution is -0.183. The lowest BCUT2D eigenvalue weighted by Crippen LogP contribution is -2.37. The molecule has 0 saturated carbocycles. The largest absolute Gasteiger partial charge is 0.395 e. The highest BCUT2D eigenvalue weighted by Gasteiger charge is 2.16. The minimum absolute atomic E-state index is 0.0429. The maximum Gasteiger partial charge on any atom is 0.158 e. The molecule has 0 bridgehead atoms. The maximum absolute atomic E-state index is 8.92. The Morgan fingerprint density at radius 1 is 1.27 bits per heavy atom. The summed E-state index contributed by atoms with van der Waals surface area (Å²) < 4.78 is 10.9. The Bertz CT molecular complexity index is 158. The Kier molecular flexibility index (Phi) is 6.17. The van der Waals surface area contributed by atoms with Gasteiger partial charge in [0.2, 0.25) is 0 Å². The van der Waals surface area contributed by atoms with E-state index in [1.54, 1.807) is 0 Å². The van der Waals surface area contributed by atoms with Gasteiger partial charge in [-0.3, -0.25) is 4.90 Å². The number of hydrogen-bond acceptors (Lipinski definition) is 4. The maximum atomic E-state index is 8.92. The zero-order valence-electron chi connectivity index (χ0n) is 9.82. The summed E-state index contributed by atoms with van der Waals surface area (Å²) in [5, 5.41) is 8.92. The second kappa shape index (κ2) is 7.17. The minimum Gasteiger partial charge on any atom is -0.395 e. The molecule has 0 atom stereocenters. The summed E-state index contributed by atoms with van der Waals surface area (Å²) in [6.45, 7) is 7.76. The van der Waals surface area contributed by atoms with Crippen LogP contribution in [0.15, 0.2) is 0 Å². The van der Waals surface area contributed by atoms with Crippen LogP contribution >= 0.6 is 0 Å². The smallest absolute Gasteiger partial charge is 0.158 e. The van der Waals surface area contributed by atoms with Gasteiger partial charge in [0.15, 0.2) is 6.29 Å². The van der Waals surface area contributed by atoms with Gasteiger partial charge in [0.25, 0.3) is 0 Å². The topological polar surface area (TPSA) is 41.9 Å². The summed E-state index contributed by atoms with van der Waals surface area (Å²) in [7, 11) is 0. The van der Waals surface area contributed by atoms with Gasteiger partial charge in [-0.2, -0.15) is 0 Å². The van der Waals surface area contributed by atoms with Crippen LogP contribution in [-0.2, 0) is 9.47 Å². The van der Waals surface area contributed by atoms with E-state index in [-0.39, 0.29) is 12.9 Å². The van der Waals surface area contributed by atoms with Crippen LogP contribution in [0.2, 0.25) is 0 Å². The molecule has 1 aliphatic rings. The Labute approximate surface area is 92.2 Å². The van der Waals surface area contributed by atoms with Crippen molar-refractivity contribution in [1.29, 1.82) is 0 Å². The number of aliphatic hydroxyl groups excluding tert-OH is 1. The van der Waals surface area contributed by atoms with E-state index in [0.29, 0.717) is 6.04 Å². The molecule has 0 aromatic carbocycles. The molecular formula is C11H23NO3. The summed E-state index contributed by atoms with van der Waals surface area (Å²) in [4.78, 5) is 2.24. The number of ether oxygens (including phenoxy) is 2. The fourth-order valence-corrected chi connectivity index (χ4v) is 1.73. The zero-order chi connectivity index (χ0) is 11.1. The lowest BCUT2D eigenvalue weighted by atomic mass is 10.2. The molecular weight excluding hydrogens is 194 g/mol. The monoisotopic (exact) mass is 217 g/mol. The number of hydrogen-bond donors (Lipinski definition) is 1. The molecule has 1 fully saturated rings. The predicted octanol–water partition coefficient (Wildman–Crippen LogP) is 0.842. The molecule has 0 unspecified atom stereocenters. The Morgan fingerprint density at radius 3 is 2.47 bits per heavy atom. The van der Waals surface area contributed by atoms with Gasteiger partial charge < -0.3 is 14.6 Å². The van der Waals surface area contributed by atoms with Gasteiger partial charge in [0.05, 0.1) is 19.8 Å². The normalized spacial score (nSPS) is 19.0. The first-order valence-electron chi connectivity index (χ1n) is 5.82. The van der Waals surface area contributed by atoms with E-state index in [1.807, 2.05) is 0 Å². The first-order valence-corrected chi connectivity index (χ1v) is 5.82. The summed E-state index contributed by atoms with van der Waals surface area (Å²) in [6.07, 6.45) is 1.85. The van der Waals surface area contributed by atoms with Gasteiger partial charge in [0, 0.05) is 25.6 Å². The van der Waals surface area contributed by atoms with Crippen molar-refractivity contribution in [2.24, 2.45) is 0 Å². The number of rotatable bonds is 6. The SMILES string of the molecule is CC(C)N(CCO)CCC1OCCCO1. The molecule has 0 aromatic heterocycles. The van der Waals surface area contributed by atoms with E-state index >= 15 is 0 Å². The van der Waals surface area contributed by atoms with Crippen molar-refractivity contribution in [3.63, 3.8) is 0 Å². The molecule has 1 rings (SSSR count). The van der Waals surface area contributed by atoms with Crippen molar-refractivity contribution in [1.82, 2.24) is 4.90 Å². The van der Waals surface area contributed by atoms with E-state index in [9.17, 15) is 0 Å². The highest BCUT2D eigenvalue weighted by molar-refractivity contribution is 4.64. The molecule has 0 radical (unpaired) electrons. The highest BCUT2D eigenvalue weighted by Crippen LogP contribution is 2.10. The van der Waals surface area contributed by atoms with Crippen molar-refractivity contribution >= 4 is 0 Å². The van der Waals surface area contributed by atoms with E-state index < -0.39 is 0 Å². The quantitative estimate of drug-likeness (QED) is 0.716. The van der Waals surface area contributed by atoms with Crippen molar-refractivity contribution in [3.8, 4) is 0 Å². The predicted molar refractivity (Wildman–Crippen MR) is 58.7 cm³/mol. The average molecular weight is 217 g/mol. The second-order valence-electron chi connectivity index (χ2n) is 4.17. The fourth-order valence-electron chi connectivity index (χ4n) is 1.73. The van der Waals surface area contributed by atoms with Crippen LogP contribution in [0.4, 0.5) is 0 Å². The molecule has 4 heteroatoms. The van der Waals surface area contributed by atoms with Gasteiger partial charge in [-0.15, -0.1) is 0 Å². The molecule has 0 aromatic rings. The third-order valence-corrected chi connectivity index (χ3v) is 2.67. The van der Waals surface area contributed by atoms with E-state index in [0.717, 1.165) is 39.1 Å². The summed E-state index contributed by atoms with van der Waals surface area (Å²) in [5.41, 5.74) is 0. The first-order chi connectivity index (χ1) is 7.24. The summed E-state index contributed by atoms with van der Waals surface area (Å²) >= 11 is 0. The summed E-state index contributed by atoms with van der Waals surface area (Å²) in [5.74, 6) is 0. The van der Waals surface area contributed by atoms with Crippen LogP contribution < -0.4 is 0 Å². The van der Waals surface area contributed by atoms with Gasteiger partial charge in [-0.25, -0.2) is 0 Å². The van der Waals surface area contributed by atoms with Crippen molar-refractivity contribution in [2.45, 2.75) is 39.0 Å². The molecule has 1 N–H and O–H groups in total. The van der Waals surface area contributed by atoms with Gasteiger partial charge >= 0.3 is 0 Å². The third kappa shape index (κ3) is 4.93. The molecule has 4 nitrogen and oxygen atoms in total. The van der Waals surface area contributed by atoms with Crippen LogP contribution in [-0.4, -0.2) is 55.2 Å². The van der Waals surface area contributed by atoms with E-state index in [4.69, 9.17) is 14.6 Å². The van der Waals surface area contributed by atoms with Gasteiger partial charge in [-0.05, 0) is 20.3 Å². The highest BCUT2D eigenvalue weighted by atomic mass is 16.7. The zero-order valence-corrected chi connectivity index (χ0v) is 9.82. The fraction of sp³-hybridized carbons (Fsp3) is 1.00. The van der Waals surface area contributed by atoms with Crippen LogP contribution in [0.5, 0.6) is 0 Å². The molecule has 0 spiro atoms. The Balaban J connectivity index is 2.19. The average Bonchev–Trinajstić information content (AvgIpc) is 2.25. The molecule has 1 heterocycles. The third-order valence-electron chi connectivity index (χ3n) is 2.67. The lowest BCUT2D eigenvalue weighted by Gasteiger charge is -2.29. The molecule has 1 saturated heterocycles. The van der Waals surface area contributed by atoms with Crippen LogP contribution in [0.1, 0.15) is 26.7 Å². The first kappa shape index (κ1) is 12.9. The molecule has 0 aliphatic carbocycles. The Hall–Kier alpha value is -0.160. The van der Waals surface area contributed by atoms with Crippen LogP contribution in [0.25, 0.3) is 0 Å². The Morgan fingerprint density at radius 2 is 1.93 bits per heavy atom. The number of nitrogens with zero attached hydrogens (tertiary/aromatic N) is 1. The van der Waals surface area contributed by atoms with Crippen molar-refractivity contribution < 1.29 is 14.6 Å². The van der Waals surface area contributed by atoms with Crippen LogP contribution in [0, 0.1) is 0 Å². The summed E-state index contributed by atoms with van der Waals surface area (Å²) in [6, 6.07) is 0.459.